The molecular formula is C16H18N2O3S. The van der Waals surface area contributed by atoms with Gasteiger partial charge in [0.15, 0.2) is 11.5 Å². The Kier molecular flexibility index (Phi) is 4.29. The molecule has 0 radical (unpaired) electrons. The highest BCUT2D eigenvalue weighted by Gasteiger charge is 2.33. The zero-order valence-corrected chi connectivity index (χ0v) is 13.4. The first kappa shape index (κ1) is 14.8. The standard InChI is InChI=1S/C16H18N2O3S/c1-10-15(21-14-6-4-3-5-13(14)20-10)16(19)17-8-7-12-9-22-11(2)18-12/h3-6,9-10,15H,7-8H2,1-2H3,(H,17,19). The second-order valence-corrected chi connectivity index (χ2v) is 6.27. The first-order valence-corrected chi connectivity index (χ1v) is 8.12. The van der Waals surface area contributed by atoms with Gasteiger partial charge in [-0.15, -0.1) is 11.3 Å². The highest BCUT2D eigenvalue weighted by molar-refractivity contribution is 7.09. The van der Waals surface area contributed by atoms with E-state index >= 15 is 0 Å². The Morgan fingerprint density at radius 1 is 1.32 bits per heavy atom. The number of ether oxygens (including phenoxy) is 2. The Bertz CT molecular complexity index is 671. The lowest BCUT2D eigenvalue weighted by molar-refractivity contribution is -0.133. The number of nitrogens with one attached hydrogen (secondary N) is 1. The fourth-order valence-corrected chi connectivity index (χ4v) is 2.99. The van der Waals surface area contributed by atoms with Crippen molar-refractivity contribution in [2.75, 3.05) is 6.54 Å². The van der Waals surface area contributed by atoms with E-state index in [0.29, 0.717) is 24.5 Å². The second-order valence-electron chi connectivity index (χ2n) is 5.21. The summed E-state index contributed by atoms with van der Waals surface area (Å²) in [6, 6.07) is 7.38. The van der Waals surface area contributed by atoms with Crippen LogP contribution in [0.4, 0.5) is 0 Å². The van der Waals surface area contributed by atoms with Gasteiger partial charge in [0.05, 0.1) is 10.7 Å². The zero-order chi connectivity index (χ0) is 15.5. The summed E-state index contributed by atoms with van der Waals surface area (Å²) in [6.07, 6.45) is -0.238. The van der Waals surface area contributed by atoms with Crippen molar-refractivity contribution in [3.63, 3.8) is 0 Å². The molecule has 0 bridgehead atoms. The third-order valence-electron chi connectivity index (χ3n) is 3.45. The van der Waals surface area contributed by atoms with Gasteiger partial charge in [-0.25, -0.2) is 4.98 Å². The number of aromatic nitrogens is 1. The van der Waals surface area contributed by atoms with Crippen LogP contribution in [0.2, 0.25) is 0 Å². The average Bonchev–Trinajstić information content (AvgIpc) is 2.92. The van der Waals surface area contributed by atoms with Gasteiger partial charge in [0.2, 0.25) is 6.10 Å². The monoisotopic (exact) mass is 318 g/mol. The third-order valence-corrected chi connectivity index (χ3v) is 4.27. The SMILES string of the molecule is Cc1nc(CCNC(=O)C2Oc3ccccc3OC2C)cs1. The van der Waals surface area contributed by atoms with Crippen molar-refractivity contribution in [1.29, 1.82) is 0 Å². The molecule has 2 aromatic rings. The number of benzene rings is 1. The van der Waals surface area contributed by atoms with Crippen LogP contribution in [0, 0.1) is 6.92 Å². The number of amides is 1. The van der Waals surface area contributed by atoms with Crippen molar-refractivity contribution in [1.82, 2.24) is 10.3 Å². The van der Waals surface area contributed by atoms with Crippen molar-refractivity contribution >= 4 is 17.2 Å². The van der Waals surface area contributed by atoms with Crippen molar-refractivity contribution in [2.45, 2.75) is 32.5 Å². The molecule has 3 rings (SSSR count). The number of carbonyl (C=O) groups excluding carboxylic acids is 1. The lowest BCUT2D eigenvalue weighted by atomic mass is 10.1. The summed E-state index contributed by atoms with van der Waals surface area (Å²) in [6.45, 7) is 4.35. The molecule has 5 nitrogen and oxygen atoms in total. The summed E-state index contributed by atoms with van der Waals surface area (Å²) in [4.78, 5) is 16.7. The predicted molar refractivity (Wildman–Crippen MR) is 84.5 cm³/mol. The molecule has 0 saturated carbocycles. The van der Waals surface area contributed by atoms with Gasteiger partial charge in [0.1, 0.15) is 6.10 Å². The van der Waals surface area contributed by atoms with E-state index < -0.39 is 6.10 Å². The molecule has 0 spiro atoms. The molecule has 0 saturated heterocycles. The van der Waals surface area contributed by atoms with Gasteiger partial charge in [-0.2, -0.15) is 0 Å². The summed E-state index contributed by atoms with van der Waals surface area (Å²) in [5, 5.41) is 5.94. The van der Waals surface area contributed by atoms with Crippen LogP contribution in [0.5, 0.6) is 11.5 Å². The van der Waals surface area contributed by atoms with Crippen molar-refractivity contribution in [3.05, 3.63) is 40.3 Å². The van der Waals surface area contributed by atoms with Gasteiger partial charge in [-0.3, -0.25) is 4.79 Å². The Balaban J connectivity index is 1.56. The summed E-state index contributed by atoms with van der Waals surface area (Å²) >= 11 is 1.62. The van der Waals surface area contributed by atoms with E-state index in [-0.39, 0.29) is 12.0 Å². The number of aryl methyl sites for hydroxylation is 1. The lowest BCUT2D eigenvalue weighted by Gasteiger charge is -2.30. The number of para-hydroxylation sites is 2. The Morgan fingerprint density at radius 3 is 2.73 bits per heavy atom. The van der Waals surface area contributed by atoms with Crippen LogP contribution in [0.1, 0.15) is 17.6 Å². The van der Waals surface area contributed by atoms with E-state index in [2.05, 4.69) is 10.3 Å². The maximum absolute atomic E-state index is 12.3. The number of hydrogen-bond donors (Lipinski definition) is 1. The normalized spacial score (nSPS) is 19.7. The molecule has 2 heterocycles. The van der Waals surface area contributed by atoms with Crippen LogP contribution < -0.4 is 14.8 Å². The van der Waals surface area contributed by atoms with E-state index in [4.69, 9.17) is 9.47 Å². The minimum Gasteiger partial charge on any atom is -0.482 e. The van der Waals surface area contributed by atoms with E-state index in [0.717, 1.165) is 10.7 Å². The maximum Gasteiger partial charge on any atom is 0.265 e. The van der Waals surface area contributed by atoms with Crippen LogP contribution in [0.3, 0.4) is 0 Å². The molecule has 0 aliphatic carbocycles. The van der Waals surface area contributed by atoms with Gasteiger partial charge in [0.25, 0.3) is 5.91 Å². The van der Waals surface area contributed by atoms with Crippen LogP contribution in [0.15, 0.2) is 29.6 Å². The number of thiazole rings is 1. The van der Waals surface area contributed by atoms with Gasteiger partial charge in [0, 0.05) is 18.3 Å². The van der Waals surface area contributed by atoms with Gasteiger partial charge in [-0.1, -0.05) is 12.1 Å². The Labute approximate surface area is 133 Å². The molecule has 22 heavy (non-hydrogen) atoms. The number of hydrogen-bond acceptors (Lipinski definition) is 5. The molecule has 1 aliphatic rings. The minimum atomic E-state index is -0.632. The van der Waals surface area contributed by atoms with E-state index in [1.54, 1.807) is 17.4 Å². The van der Waals surface area contributed by atoms with Gasteiger partial charge < -0.3 is 14.8 Å². The smallest absolute Gasteiger partial charge is 0.265 e. The molecule has 1 N–H and O–H groups in total. The van der Waals surface area contributed by atoms with Crippen molar-refractivity contribution in [2.24, 2.45) is 0 Å². The summed E-state index contributed by atoms with van der Waals surface area (Å²) in [5.41, 5.74) is 1.00. The third kappa shape index (κ3) is 3.22. The fourth-order valence-electron chi connectivity index (χ4n) is 2.34. The average molecular weight is 318 g/mol. The van der Waals surface area contributed by atoms with Gasteiger partial charge >= 0.3 is 0 Å². The Morgan fingerprint density at radius 2 is 2.05 bits per heavy atom. The number of rotatable bonds is 4. The fraction of sp³-hybridized carbons (Fsp3) is 0.375. The van der Waals surface area contributed by atoms with Crippen molar-refractivity contribution < 1.29 is 14.3 Å². The highest BCUT2D eigenvalue weighted by Crippen LogP contribution is 2.33. The number of carbonyl (C=O) groups is 1. The molecule has 0 fully saturated rings. The predicted octanol–water partition coefficient (Wildman–Crippen LogP) is 2.34. The van der Waals surface area contributed by atoms with Crippen LogP contribution >= 0.6 is 11.3 Å². The highest BCUT2D eigenvalue weighted by atomic mass is 32.1. The molecule has 116 valence electrons. The van der Waals surface area contributed by atoms with E-state index in [1.165, 1.54) is 0 Å². The van der Waals surface area contributed by atoms with E-state index in [1.807, 2.05) is 37.4 Å². The minimum absolute atomic E-state index is 0.158. The first-order chi connectivity index (χ1) is 10.6. The largest absolute Gasteiger partial charge is 0.482 e. The van der Waals surface area contributed by atoms with E-state index in [9.17, 15) is 4.79 Å². The molecule has 1 amide bonds. The molecule has 2 atom stereocenters. The van der Waals surface area contributed by atoms with Crippen LogP contribution in [-0.2, 0) is 11.2 Å². The van der Waals surface area contributed by atoms with Crippen LogP contribution in [-0.4, -0.2) is 29.6 Å². The quantitative estimate of drug-likeness (QED) is 0.940. The molecule has 2 unspecified atom stereocenters. The first-order valence-electron chi connectivity index (χ1n) is 7.24. The number of nitrogens with zero attached hydrogens (tertiary/aromatic N) is 1. The molecule has 6 heteroatoms. The van der Waals surface area contributed by atoms with Crippen molar-refractivity contribution in [3.8, 4) is 11.5 Å². The summed E-state index contributed by atoms with van der Waals surface area (Å²) in [7, 11) is 0. The second kappa shape index (κ2) is 6.36. The summed E-state index contributed by atoms with van der Waals surface area (Å²) < 4.78 is 11.5. The maximum atomic E-state index is 12.3. The molecule has 1 aromatic carbocycles. The van der Waals surface area contributed by atoms with Crippen LogP contribution in [0.25, 0.3) is 0 Å². The molecular weight excluding hydrogens is 300 g/mol. The number of fused-ring (bicyclic) bond motifs is 1. The Hall–Kier alpha value is -2.08. The van der Waals surface area contributed by atoms with Gasteiger partial charge in [-0.05, 0) is 26.0 Å². The molecule has 1 aromatic heterocycles. The summed E-state index contributed by atoms with van der Waals surface area (Å²) in [5.74, 6) is 1.13. The lowest BCUT2D eigenvalue weighted by Crippen LogP contribution is -2.49. The molecule has 1 aliphatic heterocycles. The topological polar surface area (TPSA) is 60.5 Å². The zero-order valence-electron chi connectivity index (χ0n) is 12.5.